The van der Waals surface area contributed by atoms with E-state index in [1.54, 1.807) is 0 Å². The van der Waals surface area contributed by atoms with Crippen LogP contribution in [0.4, 0.5) is 0 Å². The molecule has 51 heteroatoms. The summed E-state index contributed by atoms with van der Waals surface area (Å²) in [6.45, 7) is 0. The van der Waals surface area contributed by atoms with Crippen molar-refractivity contribution < 1.29 is 77.2 Å². The SMILES string of the molecule is Nn1ncnn1.Nn1ncnn1.Nn1ncnn1.Nn1ncnn1.Nn1ncnn1.Nn1ncnn1.Nn1ncnn1.Nn1ncnn1.[O-][Cl+3]([O-])([O-])[O-].[O-][Cl+3]([O-])([O-])[O-].[Zn+2]. The number of aromatic nitrogens is 32. The first-order valence-electron chi connectivity index (χ1n) is 12.2. The average Bonchev–Trinajstić information content (AvgIpc) is 3.95. The van der Waals surface area contributed by atoms with Gasteiger partial charge >= 0.3 is 19.5 Å². The minimum atomic E-state index is -4.94. The number of hydrogen-bond donors (Lipinski definition) is 8. The topological polar surface area (TPSA) is 741 Å². The van der Waals surface area contributed by atoms with Crippen LogP contribution in [0.25, 0.3) is 0 Å². The summed E-state index contributed by atoms with van der Waals surface area (Å²) in [5, 5.41) is 79.5. The Bertz CT molecular complexity index is 1460. The number of nitrogen functional groups attached to an aromatic ring is 8. The van der Waals surface area contributed by atoms with Crippen LogP contribution < -0.4 is 84.0 Å². The van der Waals surface area contributed by atoms with Crippen LogP contribution in [0, 0.1) is 20.5 Å². The third-order valence-electron chi connectivity index (χ3n) is 2.92. The molecular weight excluding hydrogens is 921 g/mol. The van der Waals surface area contributed by atoms with Crippen LogP contribution in [0.5, 0.6) is 0 Å². The second kappa shape index (κ2) is 33.2. The van der Waals surface area contributed by atoms with Gasteiger partial charge in [0.2, 0.25) is 0 Å². The molecule has 0 aliphatic heterocycles. The summed E-state index contributed by atoms with van der Waals surface area (Å²) < 4.78 is 67.9. The fourth-order valence-electron chi connectivity index (χ4n) is 1.40. The Balaban J connectivity index is -0.000000590. The summed E-state index contributed by atoms with van der Waals surface area (Å²) in [6, 6.07) is 0. The quantitative estimate of drug-likeness (QED) is 0.0517. The van der Waals surface area contributed by atoms with Gasteiger partial charge in [-0.2, -0.15) is 0 Å². The van der Waals surface area contributed by atoms with Crippen molar-refractivity contribution >= 4 is 0 Å². The van der Waals surface area contributed by atoms with E-state index in [1.807, 2.05) is 0 Å². The molecule has 48 nitrogen and oxygen atoms in total. The van der Waals surface area contributed by atoms with Crippen molar-refractivity contribution in [2.24, 2.45) is 0 Å². The molecule has 0 spiro atoms. The van der Waals surface area contributed by atoms with Crippen molar-refractivity contribution in [2.75, 3.05) is 46.7 Å². The predicted molar refractivity (Wildman–Crippen MR) is 144 cm³/mol. The number of nitrogens with two attached hydrogens (primary N) is 8. The molecule has 8 aromatic heterocycles. The normalized spacial score (nSPS) is 9.08. The van der Waals surface area contributed by atoms with E-state index in [4.69, 9.17) is 84.0 Å². The molecule has 0 bridgehead atoms. The molecule has 8 heterocycles. The Labute approximate surface area is 336 Å². The Morgan fingerprint density at radius 1 is 0.254 bits per heavy atom. The van der Waals surface area contributed by atoms with Gasteiger partial charge in [0.05, 0.1) is 0 Å². The van der Waals surface area contributed by atoms with Crippen LogP contribution >= 0.6 is 0 Å². The van der Waals surface area contributed by atoms with E-state index in [1.165, 1.54) is 50.6 Å². The number of rotatable bonds is 0. The maximum atomic E-state index is 8.49. The van der Waals surface area contributed by atoms with Gasteiger partial charge < -0.3 is 46.7 Å². The Morgan fingerprint density at radius 2 is 0.339 bits per heavy atom. The molecule has 8 rings (SSSR count). The minimum Gasteiger partial charge on any atom is -0.304 e. The molecular formula is C8H24Cl2N40O8Zn. The Kier molecular flexibility index (Phi) is 31.1. The number of nitrogens with zero attached hydrogens (tertiary/aromatic N) is 32. The first-order chi connectivity index (χ1) is 27.2. The fraction of sp³-hybridized carbons (Fsp3) is 0. The second-order valence-corrected chi connectivity index (χ2v) is 8.32. The van der Waals surface area contributed by atoms with Gasteiger partial charge in [-0.05, 0) is 41.7 Å². The molecule has 8 aromatic rings. The van der Waals surface area contributed by atoms with Gasteiger partial charge in [0, 0.05) is 0 Å². The zero-order chi connectivity index (χ0) is 44.2. The van der Waals surface area contributed by atoms with E-state index in [-0.39, 0.29) is 19.5 Å². The third-order valence-corrected chi connectivity index (χ3v) is 2.92. The van der Waals surface area contributed by atoms with E-state index in [0.29, 0.717) is 0 Å². The van der Waals surface area contributed by atoms with Gasteiger partial charge in [-0.15, -0.1) is 102 Å². The maximum Gasteiger partial charge on any atom is 2.00 e. The monoisotopic (exact) mass is 942 g/mol. The summed E-state index contributed by atoms with van der Waals surface area (Å²) in [7, 11) is -9.89. The van der Waals surface area contributed by atoms with Crippen molar-refractivity contribution in [3.05, 3.63) is 50.6 Å². The number of tetrazole rings is 8. The summed E-state index contributed by atoms with van der Waals surface area (Å²) >= 11 is 0. The van der Waals surface area contributed by atoms with Gasteiger partial charge in [0.25, 0.3) is 0 Å². The first-order valence-corrected chi connectivity index (χ1v) is 14.7. The van der Waals surface area contributed by atoms with Gasteiger partial charge in [0.1, 0.15) is 0 Å². The Morgan fingerprint density at radius 3 is 0.356 bits per heavy atom. The molecule has 0 saturated carbocycles. The smallest absolute Gasteiger partial charge is 0.304 e. The molecule has 0 aliphatic carbocycles. The first kappa shape index (κ1) is 55.2. The molecule has 16 N–H and O–H groups in total. The molecule has 0 atom stereocenters. The standard InChI is InChI=1S/8CH3N5.2ClHO4.Zn/c8*2-6-4-1-3-5-6;2*2-1(3,4)5;/h8*1H,2H2;2*(H,2,3,4,5);/q;;;;;;;;;;+2/p-2. The summed E-state index contributed by atoms with van der Waals surface area (Å²) in [5.74, 6) is 39.3. The van der Waals surface area contributed by atoms with E-state index in [9.17, 15) is 0 Å². The van der Waals surface area contributed by atoms with Crippen LogP contribution in [0.2, 0.25) is 0 Å². The molecule has 0 fully saturated rings. The molecule has 320 valence electrons. The molecule has 0 aromatic carbocycles. The molecule has 59 heavy (non-hydrogen) atoms. The minimum absolute atomic E-state index is 0. The zero-order valence-electron chi connectivity index (χ0n) is 28.3. The van der Waals surface area contributed by atoms with Crippen LogP contribution in [-0.2, 0) is 19.5 Å². The van der Waals surface area contributed by atoms with Gasteiger partial charge in [-0.3, -0.25) is 0 Å². The van der Waals surface area contributed by atoms with Crippen molar-refractivity contribution in [1.29, 1.82) is 0 Å². The molecule has 0 saturated heterocycles. The van der Waals surface area contributed by atoms with E-state index in [0.717, 1.165) is 39.2 Å². The van der Waals surface area contributed by atoms with E-state index < -0.39 is 20.5 Å². The molecule has 0 aliphatic rings. The van der Waals surface area contributed by atoms with Crippen LogP contribution in [0.15, 0.2) is 50.6 Å². The molecule has 0 unspecified atom stereocenters. The van der Waals surface area contributed by atoms with Crippen molar-refractivity contribution in [3.63, 3.8) is 0 Å². The fourth-order valence-corrected chi connectivity index (χ4v) is 1.40. The predicted octanol–water partition coefficient (Wildman–Crippen LogP) is -22.4. The average molecular weight is 945 g/mol. The summed E-state index contributed by atoms with van der Waals surface area (Å²) in [5.41, 5.74) is 0. The van der Waals surface area contributed by atoms with Gasteiger partial charge in [-0.25, -0.2) is 37.3 Å². The molecule has 0 amide bonds. The van der Waals surface area contributed by atoms with Crippen LogP contribution in [0.3, 0.4) is 0 Å². The van der Waals surface area contributed by atoms with Crippen molar-refractivity contribution in [2.45, 2.75) is 0 Å². The maximum absolute atomic E-state index is 8.49. The Hall–Kier alpha value is -8.16. The van der Waals surface area contributed by atoms with E-state index in [2.05, 4.69) is 123 Å². The number of hydrogen-bond acceptors (Lipinski definition) is 40. The van der Waals surface area contributed by atoms with Crippen LogP contribution in [-0.4, -0.2) is 163 Å². The largest absolute Gasteiger partial charge is 2.00 e. The number of halogens is 2. The van der Waals surface area contributed by atoms with Gasteiger partial charge in [-0.1, -0.05) is 39.2 Å². The third kappa shape index (κ3) is 49.8. The van der Waals surface area contributed by atoms with Crippen molar-refractivity contribution in [3.8, 4) is 0 Å². The van der Waals surface area contributed by atoms with Crippen LogP contribution in [0.1, 0.15) is 0 Å². The zero-order valence-corrected chi connectivity index (χ0v) is 32.8. The van der Waals surface area contributed by atoms with Gasteiger partial charge in [0.15, 0.2) is 50.6 Å². The molecule has 0 radical (unpaired) electrons. The van der Waals surface area contributed by atoms with E-state index >= 15 is 0 Å². The van der Waals surface area contributed by atoms with Crippen molar-refractivity contribution in [1.82, 2.24) is 163 Å². The summed E-state index contributed by atoms with van der Waals surface area (Å²) in [4.78, 5) is 7.11. The second-order valence-electron chi connectivity index (χ2n) is 6.81. The summed E-state index contributed by atoms with van der Waals surface area (Å²) in [6.07, 6.45) is 10.1.